The number of likely N-dealkylation sites (N-methyl/N-ethyl adjacent to an activating group) is 1. The van der Waals surface area contributed by atoms with Gasteiger partial charge in [0.1, 0.15) is 5.75 Å². The maximum Gasteiger partial charge on any atom is 0.224 e. The molecule has 1 fully saturated rings. The quantitative estimate of drug-likeness (QED) is 0.806. The first kappa shape index (κ1) is 19.5. The molecule has 1 aromatic heterocycles. The highest BCUT2D eigenvalue weighted by Gasteiger charge is 2.25. The number of hydrogen-bond acceptors (Lipinski definition) is 4. The van der Waals surface area contributed by atoms with Gasteiger partial charge in [-0.05, 0) is 36.9 Å². The molecule has 1 aliphatic heterocycles. The number of ether oxygens (including phenoxy) is 1. The minimum absolute atomic E-state index is 0.0495. The van der Waals surface area contributed by atoms with Crippen molar-refractivity contribution in [2.75, 3.05) is 46.9 Å². The standard InChI is InChI=1S/C21H30N4O2/c1-23-11-13-25(14-12-23)20(19-5-4-10-24(19)2)16-22-21(26)15-17-6-8-18(27-3)9-7-17/h4-10,20H,11-16H2,1-3H3,(H,22,26). The van der Waals surface area contributed by atoms with Crippen molar-refractivity contribution in [2.24, 2.45) is 7.05 Å². The zero-order chi connectivity index (χ0) is 19.2. The van der Waals surface area contributed by atoms with Gasteiger partial charge in [0.15, 0.2) is 0 Å². The Hall–Kier alpha value is -2.31. The number of nitrogens with zero attached hydrogens (tertiary/aromatic N) is 3. The molecule has 1 atom stereocenters. The van der Waals surface area contributed by atoms with E-state index in [0.717, 1.165) is 37.5 Å². The maximum absolute atomic E-state index is 12.5. The number of amides is 1. The largest absolute Gasteiger partial charge is 0.497 e. The Morgan fingerprint density at radius 1 is 1.11 bits per heavy atom. The first-order valence-electron chi connectivity index (χ1n) is 9.50. The van der Waals surface area contributed by atoms with E-state index in [4.69, 9.17) is 4.74 Å². The summed E-state index contributed by atoms with van der Waals surface area (Å²) in [6, 6.07) is 12.1. The van der Waals surface area contributed by atoms with Crippen LogP contribution in [-0.4, -0.2) is 67.2 Å². The van der Waals surface area contributed by atoms with Crippen molar-refractivity contribution in [1.29, 1.82) is 0 Å². The molecule has 27 heavy (non-hydrogen) atoms. The lowest BCUT2D eigenvalue weighted by Crippen LogP contribution is -2.49. The fourth-order valence-corrected chi connectivity index (χ4v) is 3.58. The van der Waals surface area contributed by atoms with Gasteiger partial charge in [-0.15, -0.1) is 0 Å². The summed E-state index contributed by atoms with van der Waals surface area (Å²) in [5.74, 6) is 0.853. The van der Waals surface area contributed by atoms with E-state index < -0.39 is 0 Å². The molecule has 3 rings (SSSR count). The first-order valence-corrected chi connectivity index (χ1v) is 9.50. The first-order chi connectivity index (χ1) is 13.1. The SMILES string of the molecule is COc1ccc(CC(=O)NCC(c2cccn2C)N2CCN(C)CC2)cc1. The topological polar surface area (TPSA) is 49.7 Å². The molecule has 1 saturated heterocycles. The fraction of sp³-hybridized carbons (Fsp3) is 0.476. The second-order valence-corrected chi connectivity index (χ2v) is 7.23. The van der Waals surface area contributed by atoms with Gasteiger partial charge in [0.25, 0.3) is 0 Å². The van der Waals surface area contributed by atoms with Crippen LogP contribution in [0.25, 0.3) is 0 Å². The van der Waals surface area contributed by atoms with Crippen molar-refractivity contribution < 1.29 is 9.53 Å². The summed E-state index contributed by atoms with van der Waals surface area (Å²) < 4.78 is 7.32. The highest BCUT2D eigenvalue weighted by atomic mass is 16.5. The number of carbonyl (C=O) groups excluding carboxylic acids is 1. The zero-order valence-electron chi connectivity index (χ0n) is 16.5. The number of carbonyl (C=O) groups is 1. The van der Waals surface area contributed by atoms with Gasteiger partial charge >= 0.3 is 0 Å². The third kappa shape index (κ3) is 5.11. The van der Waals surface area contributed by atoms with E-state index in [-0.39, 0.29) is 11.9 Å². The molecule has 0 aliphatic carbocycles. The second kappa shape index (κ2) is 9.06. The molecular formula is C21H30N4O2. The molecule has 6 heteroatoms. The summed E-state index contributed by atoms with van der Waals surface area (Å²) >= 11 is 0. The number of rotatable bonds is 7. The third-order valence-corrected chi connectivity index (χ3v) is 5.32. The Morgan fingerprint density at radius 3 is 2.41 bits per heavy atom. The molecule has 1 N–H and O–H groups in total. The molecule has 1 unspecified atom stereocenters. The van der Waals surface area contributed by atoms with Gasteiger partial charge in [0.05, 0.1) is 19.6 Å². The zero-order valence-corrected chi connectivity index (χ0v) is 16.5. The van der Waals surface area contributed by atoms with Crippen molar-refractivity contribution in [3.63, 3.8) is 0 Å². The van der Waals surface area contributed by atoms with Gasteiger partial charge < -0.3 is 19.5 Å². The lowest BCUT2D eigenvalue weighted by atomic mass is 10.1. The second-order valence-electron chi connectivity index (χ2n) is 7.23. The molecule has 2 heterocycles. The van der Waals surface area contributed by atoms with Crippen LogP contribution < -0.4 is 10.1 Å². The molecule has 146 valence electrons. The van der Waals surface area contributed by atoms with Crippen molar-refractivity contribution in [2.45, 2.75) is 12.5 Å². The molecule has 1 aromatic carbocycles. The van der Waals surface area contributed by atoms with E-state index in [2.05, 4.69) is 52.1 Å². The maximum atomic E-state index is 12.5. The molecule has 2 aromatic rings. The van der Waals surface area contributed by atoms with Gasteiger partial charge in [-0.2, -0.15) is 0 Å². The molecule has 6 nitrogen and oxygen atoms in total. The van der Waals surface area contributed by atoms with Crippen LogP contribution in [0.5, 0.6) is 5.75 Å². The van der Waals surface area contributed by atoms with Crippen LogP contribution in [0.1, 0.15) is 17.3 Å². The number of nitrogens with one attached hydrogen (secondary N) is 1. The fourth-order valence-electron chi connectivity index (χ4n) is 3.58. The minimum Gasteiger partial charge on any atom is -0.497 e. The van der Waals surface area contributed by atoms with Gasteiger partial charge in [0, 0.05) is 51.7 Å². The van der Waals surface area contributed by atoms with Crippen LogP contribution in [0.2, 0.25) is 0 Å². The van der Waals surface area contributed by atoms with E-state index in [0.29, 0.717) is 13.0 Å². The summed E-state index contributed by atoms with van der Waals surface area (Å²) in [7, 11) is 5.87. The number of aromatic nitrogens is 1. The Labute approximate surface area is 161 Å². The predicted octanol–water partition coefficient (Wildman–Crippen LogP) is 1.68. The van der Waals surface area contributed by atoms with Crippen molar-refractivity contribution in [1.82, 2.24) is 19.7 Å². The summed E-state index contributed by atoms with van der Waals surface area (Å²) in [4.78, 5) is 17.3. The summed E-state index contributed by atoms with van der Waals surface area (Å²) in [6.45, 7) is 4.76. The predicted molar refractivity (Wildman–Crippen MR) is 107 cm³/mol. The average molecular weight is 370 g/mol. The van der Waals surface area contributed by atoms with Gasteiger partial charge in [-0.1, -0.05) is 12.1 Å². The molecule has 0 saturated carbocycles. The molecular weight excluding hydrogens is 340 g/mol. The van der Waals surface area contributed by atoms with Crippen LogP contribution in [0, 0.1) is 0 Å². The Kier molecular flexibility index (Phi) is 6.53. The van der Waals surface area contributed by atoms with Crippen LogP contribution >= 0.6 is 0 Å². The lowest BCUT2D eigenvalue weighted by Gasteiger charge is -2.38. The summed E-state index contributed by atoms with van der Waals surface area (Å²) in [6.07, 6.45) is 2.45. The Morgan fingerprint density at radius 2 is 1.81 bits per heavy atom. The van der Waals surface area contributed by atoms with Crippen molar-refractivity contribution in [3.8, 4) is 5.75 Å². The van der Waals surface area contributed by atoms with Crippen LogP contribution in [0.15, 0.2) is 42.6 Å². The molecule has 1 amide bonds. The molecule has 0 spiro atoms. The van der Waals surface area contributed by atoms with E-state index in [1.165, 1.54) is 5.69 Å². The minimum atomic E-state index is 0.0495. The molecule has 1 aliphatic rings. The van der Waals surface area contributed by atoms with E-state index in [1.807, 2.05) is 24.3 Å². The van der Waals surface area contributed by atoms with Crippen LogP contribution in [0.4, 0.5) is 0 Å². The molecule has 0 radical (unpaired) electrons. The summed E-state index contributed by atoms with van der Waals surface area (Å²) in [5.41, 5.74) is 2.23. The number of benzene rings is 1. The number of methoxy groups -OCH3 is 1. The monoisotopic (exact) mass is 370 g/mol. The smallest absolute Gasteiger partial charge is 0.224 e. The highest BCUT2D eigenvalue weighted by Crippen LogP contribution is 2.22. The molecule has 0 bridgehead atoms. The van der Waals surface area contributed by atoms with Gasteiger partial charge in [0.2, 0.25) is 5.91 Å². The Bertz CT molecular complexity index is 733. The number of piperazine rings is 1. The normalized spacial score (nSPS) is 16.9. The van der Waals surface area contributed by atoms with Crippen molar-refractivity contribution >= 4 is 5.91 Å². The van der Waals surface area contributed by atoms with E-state index in [1.54, 1.807) is 7.11 Å². The van der Waals surface area contributed by atoms with Crippen LogP contribution in [-0.2, 0) is 18.3 Å². The highest BCUT2D eigenvalue weighted by molar-refractivity contribution is 5.78. The van der Waals surface area contributed by atoms with Gasteiger partial charge in [-0.25, -0.2) is 0 Å². The lowest BCUT2D eigenvalue weighted by molar-refractivity contribution is -0.120. The van der Waals surface area contributed by atoms with Crippen molar-refractivity contribution in [3.05, 3.63) is 53.9 Å². The van der Waals surface area contributed by atoms with Gasteiger partial charge in [-0.3, -0.25) is 9.69 Å². The van der Waals surface area contributed by atoms with Crippen LogP contribution in [0.3, 0.4) is 0 Å². The Balaban J connectivity index is 1.61. The van der Waals surface area contributed by atoms with E-state index in [9.17, 15) is 4.79 Å². The summed E-state index contributed by atoms with van der Waals surface area (Å²) in [5, 5.41) is 3.15. The van der Waals surface area contributed by atoms with E-state index >= 15 is 0 Å². The average Bonchev–Trinajstić information content (AvgIpc) is 3.10. The number of aryl methyl sites for hydroxylation is 1. The number of hydrogen-bond donors (Lipinski definition) is 1. The third-order valence-electron chi connectivity index (χ3n) is 5.32.